The molecule has 2 amide bonds. The van der Waals surface area contributed by atoms with Gasteiger partial charge in [-0.05, 0) is 59.7 Å². The van der Waals surface area contributed by atoms with Crippen LogP contribution in [0.3, 0.4) is 0 Å². The summed E-state index contributed by atoms with van der Waals surface area (Å²) in [5, 5.41) is 2.78. The number of primary amides is 1. The molecule has 0 saturated heterocycles. The Kier molecular flexibility index (Phi) is 7.31. The lowest BCUT2D eigenvalue weighted by atomic mass is 10.2. The van der Waals surface area contributed by atoms with Gasteiger partial charge in [0.15, 0.2) is 6.61 Å². The molecule has 0 bridgehead atoms. The highest BCUT2D eigenvalue weighted by Crippen LogP contribution is 2.20. The maximum atomic E-state index is 13.0. The van der Waals surface area contributed by atoms with Gasteiger partial charge >= 0.3 is 0 Å². The molecule has 0 saturated carbocycles. The molecular formula is C23H20FN3O4. The van der Waals surface area contributed by atoms with Crippen LogP contribution in [0.1, 0.15) is 11.1 Å². The first-order valence-corrected chi connectivity index (χ1v) is 9.33. The van der Waals surface area contributed by atoms with Crippen LogP contribution >= 0.6 is 0 Å². The average Bonchev–Trinajstić information content (AvgIpc) is 2.77. The quantitative estimate of drug-likeness (QED) is 0.517. The van der Waals surface area contributed by atoms with E-state index in [-0.39, 0.29) is 24.9 Å². The van der Waals surface area contributed by atoms with Crippen molar-refractivity contribution in [3.63, 3.8) is 0 Å². The Labute approximate surface area is 178 Å². The largest absolute Gasteiger partial charge is 0.484 e. The minimum atomic E-state index is -0.552. The van der Waals surface area contributed by atoms with Gasteiger partial charge in [0.2, 0.25) is 11.8 Å². The van der Waals surface area contributed by atoms with Crippen molar-refractivity contribution in [3.8, 4) is 17.4 Å². The van der Waals surface area contributed by atoms with Crippen molar-refractivity contribution in [1.29, 1.82) is 0 Å². The average molecular weight is 421 g/mol. The summed E-state index contributed by atoms with van der Waals surface area (Å²) in [5.74, 6) is 0.140. The van der Waals surface area contributed by atoms with Crippen LogP contribution in [0, 0.1) is 5.82 Å². The first-order chi connectivity index (χ1) is 15.0. The Morgan fingerprint density at radius 2 is 1.74 bits per heavy atom. The molecule has 0 atom stereocenters. The smallest absolute Gasteiger partial charge is 0.255 e. The van der Waals surface area contributed by atoms with Crippen LogP contribution in [0.5, 0.6) is 17.4 Å². The van der Waals surface area contributed by atoms with Crippen molar-refractivity contribution in [2.75, 3.05) is 6.61 Å². The molecule has 3 rings (SSSR count). The predicted molar refractivity (Wildman–Crippen MR) is 113 cm³/mol. The number of aromatic nitrogens is 1. The number of ether oxygens (including phenoxy) is 2. The molecule has 0 spiro atoms. The van der Waals surface area contributed by atoms with Gasteiger partial charge in [-0.25, -0.2) is 9.37 Å². The summed E-state index contributed by atoms with van der Waals surface area (Å²) >= 11 is 0. The van der Waals surface area contributed by atoms with E-state index < -0.39 is 5.91 Å². The van der Waals surface area contributed by atoms with Crippen LogP contribution < -0.4 is 20.5 Å². The lowest BCUT2D eigenvalue weighted by Crippen LogP contribution is -2.20. The molecule has 0 unspecified atom stereocenters. The molecule has 0 aliphatic rings. The maximum Gasteiger partial charge on any atom is 0.255 e. The molecule has 1 heterocycles. The van der Waals surface area contributed by atoms with Gasteiger partial charge < -0.3 is 20.5 Å². The molecule has 2 aromatic carbocycles. The van der Waals surface area contributed by atoms with E-state index in [1.54, 1.807) is 48.7 Å². The Morgan fingerprint density at radius 1 is 1.03 bits per heavy atom. The van der Waals surface area contributed by atoms with Gasteiger partial charge in [0.05, 0.1) is 0 Å². The first kappa shape index (κ1) is 21.5. The number of hydrogen-bond acceptors (Lipinski definition) is 5. The third-order valence-electron chi connectivity index (χ3n) is 3.99. The normalized spacial score (nSPS) is 10.6. The standard InChI is InChI=1S/C23H20FN3O4/c24-18-4-8-20(9-5-18)31-23-13-17(11-12-26-23)14-27-22(29)10-3-16-1-6-19(7-2-16)30-15-21(25)28/h1-13H,14-15H2,(H2,25,28)(H,27,29)/b10-3+. The molecule has 7 nitrogen and oxygen atoms in total. The molecule has 3 N–H and O–H groups in total. The molecule has 3 aromatic rings. The van der Waals surface area contributed by atoms with Crippen LogP contribution in [0.2, 0.25) is 0 Å². The number of pyridine rings is 1. The molecule has 0 aliphatic carbocycles. The van der Waals surface area contributed by atoms with Crippen molar-refractivity contribution < 1.29 is 23.5 Å². The van der Waals surface area contributed by atoms with E-state index in [0.717, 1.165) is 11.1 Å². The highest BCUT2D eigenvalue weighted by atomic mass is 19.1. The first-order valence-electron chi connectivity index (χ1n) is 9.33. The van der Waals surface area contributed by atoms with Crippen molar-refractivity contribution in [2.24, 2.45) is 5.73 Å². The number of benzene rings is 2. The predicted octanol–water partition coefficient (Wildman–Crippen LogP) is 3.21. The number of halogens is 1. The second-order valence-corrected chi connectivity index (χ2v) is 6.43. The molecule has 31 heavy (non-hydrogen) atoms. The summed E-state index contributed by atoms with van der Waals surface area (Å²) < 4.78 is 23.7. The number of carbonyl (C=O) groups excluding carboxylic acids is 2. The number of hydrogen-bond donors (Lipinski definition) is 2. The number of nitrogens with one attached hydrogen (secondary N) is 1. The van der Waals surface area contributed by atoms with Crippen LogP contribution in [0.4, 0.5) is 4.39 Å². The van der Waals surface area contributed by atoms with E-state index in [2.05, 4.69) is 10.3 Å². The second-order valence-electron chi connectivity index (χ2n) is 6.43. The van der Waals surface area contributed by atoms with Crippen molar-refractivity contribution in [2.45, 2.75) is 6.54 Å². The highest BCUT2D eigenvalue weighted by Gasteiger charge is 2.03. The van der Waals surface area contributed by atoms with Gasteiger partial charge in [-0.15, -0.1) is 0 Å². The van der Waals surface area contributed by atoms with E-state index in [0.29, 0.717) is 17.4 Å². The van der Waals surface area contributed by atoms with Crippen molar-refractivity contribution in [3.05, 3.63) is 89.9 Å². The van der Waals surface area contributed by atoms with Gasteiger partial charge in [0.25, 0.3) is 5.91 Å². The van der Waals surface area contributed by atoms with E-state index in [1.807, 2.05) is 0 Å². The van der Waals surface area contributed by atoms with Crippen molar-refractivity contribution in [1.82, 2.24) is 10.3 Å². The summed E-state index contributed by atoms with van der Waals surface area (Å²) in [7, 11) is 0. The van der Waals surface area contributed by atoms with Gasteiger partial charge in [-0.2, -0.15) is 0 Å². The zero-order chi connectivity index (χ0) is 22.1. The van der Waals surface area contributed by atoms with E-state index in [9.17, 15) is 14.0 Å². The summed E-state index contributed by atoms with van der Waals surface area (Å²) in [6, 6.07) is 15.9. The number of nitrogens with two attached hydrogens (primary N) is 1. The molecule has 0 fully saturated rings. The fourth-order valence-corrected chi connectivity index (χ4v) is 2.49. The fourth-order valence-electron chi connectivity index (χ4n) is 2.49. The van der Waals surface area contributed by atoms with Gasteiger partial charge in [0, 0.05) is 24.9 Å². The minimum Gasteiger partial charge on any atom is -0.484 e. The molecular weight excluding hydrogens is 401 g/mol. The zero-order valence-corrected chi connectivity index (χ0v) is 16.5. The monoisotopic (exact) mass is 421 g/mol. The summed E-state index contributed by atoms with van der Waals surface area (Å²) in [4.78, 5) is 26.9. The molecule has 0 radical (unpaired) electrons. The molecule has 0 aliphatic heterocycles. The second kappa shape index (κ2) is 10.5. The zero-order valence-electron chi connectivity index (χ0n) is 16.5. The lowest BCUT2D eigenvalue weighted by molar-refractivity contribution is -0.120. The fraction of sp³-hybridized carbons (Fsp3) is 0.0870. The van der Waals surface area contributed by atoms with Crippen molar-refractivity contribution >= 4 is 17.9 Å². The number of amides is 2. The Morgan fingerprint density at radius 3 is 2.45 bits per heavy atom. The number of nitrogens with zero attached hydrogens (tertiary/aromatic N) is 1. The SMILES string of the molecule is NC(=O)COc1ccc(/C=C/C(=O)NCc2ccnc(Oc3ccc(F)cc3)c2)cc1. The van der Waals surface area contributed by atoms with Crippen LogP contribution in [-0.4, -0.2) is 23.4 Å². The topological polar surface area (TPSA) is 104 Å². The molecule has 158 valence electrons. The van der Waals surface area contributed by atoms with Crippen LogP contribution in [0.15, 0.2) is 72.9 Å². The molecule has 1 aromatic heterocycles. The third kappa shape index (κ3) is 7.28. The van der Waals surface area contributed by atoms with Gasteiger partial charge in [0.1, 0.15) is 17.3 Å². The summed E-state index contributed by atoms with van der Waals surface area (Å²) in [6.07, 6.45) is 4.64. The van der Waals surface area contributed by atoms with E-state index in [1.165, 1.54) is 30.3 Å². The van der Waals surface area contributed by atoms with E-state index >= 15 is 0 Å². The van der Waals surface area contributed by atoms with Gasteiger partial charge in [-0.1, -0.05) is 12.1 Å². The summed E-state index contributed by atoms with van der Waals surface area (Å²) in [5.41, 5.74) is 6.62. The van der Waals surface area contributed by atoms with Gasteiger partial charge in [-0.3, -0.25) is 9.59 Å². The minimum absolute atomic E-state index is 0.191. The Bertz CT molecular complexity index is 1070. The maximum absolute atomic E-state index is 13.0. The Hall–Kier alpha value is -4.20. The van der Waals surface area contributed by atoms with Crippen LogP contribution in [0.25, 0.3) is 6.08 Å². The highest BCUT2D eigenvalue weighted by molar-refractivity contribution is 5.91. The molecule has 8 heteroatoms. The number of rotatable bonds is 9. The lowest BCUT2D eigenvalue weighted by Gasteiger charge is -2.07. The van der Waals surface area contributed by atoms with Crippen LogP contribution in [-0.2, 0) is 16.1 Å². The Balaban J connectivity index is 1.50. The van der Waals surface area contributed by atoms with E-state index in [4.69, 9.17) is 15.2 Å². The summed E-state index contributed by atoms with van der Waals surface area (Å²) in [6.45, 7) is 0.0919. The third-order valence-corrected chi connectivity index (χ3v) is 3.99. The number of carbonyl (C=O) groups is 2.